The van der Waals surface area contributed by atoms with Gasteiger partial charge in [-0.25, -0.2) is 9.97 Å². The van der Waals surface area contributed by atoms with Crippen molar-refractivity contribution in [3.8, 4) is 11.8 Å². The molecule has 1 aliphatic heterocycles. The number of pyridine rings is 1. The minimum absolute atomic E-state index is 0.146. The van der Waals surface area contributed by atoms with Crippen LogP contribution in [0.4, 0.5) is 11.9 Å². The summed E-state index contributed by atoms with van der Waals surface area (Å²) < 4.78 is 16.3. The Hall–Kier alpha value is -3.78. The molecule has 32 heavy (non-hydrogen) atoms. The predicted octanol–water partition coefficient (Wildman–Crippen LogP) is 2.13. The van der Waals surface area contributed by atoms with Crippen LogP contribution in [0, 0.1) is 11.3 Å². The third kappa shape index (κ3) is 4.60. The van der Waals surface area contributed by atoms with Crippen molar-refractivity contribution in [1.82, 2.24) is 25.1 Å². The first-order chi connectivity index (χ1) is 15.6. The quantitative estimate of drug-likeness (QED) is 0.540. The van der Waals surface area contributed by atoms with Crippen molar-refractivity contribution in [3.63, 3.8) is 0 Å². The van der Waals surface area contributed by atoms with Crippen LogP contribution in [0.25, 0.3) is 0 Å². The second-order valence-corrected chi connectivity index (χ2v) is 7.45. The maximum Gasteiger partial charge on any atom is 0.266 e. The van der Waals surface area contributed by atoms with Crippen LogP contribution in [-0.2, 0) is 11.3 Å². The maximum atomic E-state index is 9.15. The molecule has 0 bridgehead atoms. The zero-order valence-corrected chi connectivity index (χ0v) is 18.2. The van der Waals surface area contributed by atoms with Gasteiger partial charge in [0.15, 0.2) is 5.75 Å². The molecule has 4 rings (SSSR count). The van der Waals surface area contributed by atoms with Gasteiger partial charge in [0, 0.05) is 50.7 Å². The van der Waals surface area contributed by atoms with Crippen molar-refractivity contribution in [2.75, 3.05) is 36.5 Å². The molecule has 1 unspecified atom stereocenters. The lowest BCUT2D eigenvalue weighted by atomic mass is 10.2. The number of methoxy groups -OCH3 is 1. The molecule has 2 atom stereocenters. The van der Waals surface area contributed by atoms with Gasteiger partial charge in [-0.1, -0.05) is 0 Å². The van der Waals surface area contributed by atoms with Crippen LogP contribution in [0.5, 0.6) is 5.75 Å². The first kappa shape index (κ1) is 21.5. The van der Waals surface area contributed by atoms with Gasteiger partial charge in [0.1, 0.15) is 18.8 Å². The van der Waals surface area contributed by atoms with E-state index in [0.29, 0.717) is 48.7 Å². The van der Waals surface area contributed by atoms with Gasteiger partial charge in [-0.05, 0) is 25.1 Å². The summed E-state index contributed by atoms with van der Waals surface area (Å²) in [6.45, 7) is 6.35. The van der Waals surface area contributed by atoms with Crippen LogP contribution in [0.15, 0.2) is 35.4 Å². The molecule has 0 aromatic carbocycles. The molecular formula is C21H24N8O3. The van der Waals surface area contributed by atoms with Crippen LogP contribution in [0.2, 0.25) is 0 Å². The van der Waals surface area contributed by atoms with E-state index in [-0.39, 0.29) is 18.8 Å². The van der Waals surface area contributed by atoms with E-state index in [2.05, 4.69) is 47.9 Å². The summed E-state index contributed by atoms with van der Waals surface area (Å²) in [6.07, 6.45) is 6.20. The van der Waals surface area contributed by atoms with Crippen molar-refractivity contribution in [2.45, 2.75) is 32.6 Å². The average Bonchev–Trinajstić information content (AvgIpc) is 3.33. The Labute approximate surface area is 185 Å². The monoisotopic (exact) mass is 436 g/mol. The molecule has 11 heteroatoms. The van der Waals surface area contributed by atoms with Crippen molar-refractivity contribution >= 4 is 11.9 Å². The van der Waals surface area contributed by atoms with Crippen LogP contribution in [0.1, 0.15) is 37.0 Å². The number of anilines is 2. The number of aromatic nitrogens is 5. The second kappa shape index (κ2) is 9.57. The summed E-state index contributed by atoms with van der Waals surface area (Å²) in [5.41, 5.74) is 1.25. The highest BCUT2D eigenvalue weighted by molar-refractivity contribution is 5.40. The summed E-state index contributed by atoms with van der Waals surface area (Å²) in [5, 5.41) is 13.2. The average molecular weight is 436 g/mol. The zero-order valence-electron chi connectivity index (χ0n) is 18.2. The van der Waals surface area contributed by atoms with Gasteiger partial charge >= 0.3 is 0 Å². The molecule has 11 nitrogen and oxygen atoms in total. The summed E-state index contributed by atoms with van der Waals surface area (Å²) in [4.78, 5) is 21.5. The molecule has 0 spiro atoms. The van der Waals surface area contributed by atoms with Gasteiger partial charge < -0.3 is 23.8 Å². The molecule has 4 heterocycles. The lowest BCUT2D eigenvalue weighted by molar-refractivity contribution is 0.0886. The Balaban J connectivity index is 1.35. The summed E-state index contributed by atoms with van der Waals surface area (Å²) in [7, 11) is 1.61. The predicted molar refractivity (Wildman–Crippen MR) is 114 cm³/mol. The standard InChI is InChI=1S/C21H24N8O3/c1-14-12-28(21-26-19(32-27-21)15(2)30-3)6-7-29(14)20-24-10-18(11-25-20)31-13-16-4-5-23-9-17(16)8-22/h4-5,9-11,14-15H,6-7,12-13H2,1-3H3/t14?,15-/m1/s1. The molecule has 1 aliphatic rings. The molecule has 0 aliphatic carbocycles. The van der Waals surface area contributed by atoms with Gasteiger partial charge in [-0.15, -0.1) is 0 Å². The highest BCUT2D eigenvalue weighted by Gasteiger charge is 2.28. The number of nitriles is 1. The normalized spacial score (nSPS) is 17.1. The number of nitrogens with zero attached hydrogens (tertiary/aromatic N) is 8. The molecule has 0 saturated carbocycles. The van der Waals surface area contributed by atoms with Crippen LogP contribution in [0.3, 0.4) is 0 Å². The number of hydrogen-bond donors (Lipinski definition) is 0. The summed E-state index contributed by atoms with van der Waals surface area (Å²) in [5.74, 6) is 2.19. The summed E-state index contributed by atoms with van der Waals surface area (Å²) >= 11 is 0. The van der Waals surface area contributed by atoms with E-state index in [1.54, 1.807) is 31.8 Å². The Morgan fingerprint density at radius 1 is 1.25 bits per heavy atom. The molecule has 0 radical (unpaired) electrons. The van der Waals surface area contributed by atoms with Gasteiger partial charge in [-0.2, -0.15) is 10.2 Å². The summed E-state index contributed by atoms with van der Waals surface area (Å²) in [6, 6.07) is 4.02. The van der Waals surface area contributed by atoms with Crippen molar-refractivity contribution in [2.24, 2.45) is 0 Å². The maximum absolute atomic E-state index is 9.15. The van der Waals surface area contributed by atoms with Gasteiger partial charge in [0.05, 0.1) is 18.0 Å². The minimum atomic E-state index is -0.242. The van der Waals surface area contributed by atoms with Crippen molar-refractivity contribution < 1.29 is 14.0 Å². The lowest BCUT2D eigenvalue weighted by Gasteiger charge is -2.39. The fraction of sp³-hybridized carbons (Fsp3) is 0.429. The van der Waals surface area contributed by atoms with Gasteiger partial charge in [0.2, 0.25) is 5.95 Å². The Bertz CT molecular complexity index is 1080. The fourth-order valence-electron chi connectivity index (χ4n) is 3.40. The highest BCUT2D eigenvalue weighted by atomic mass is 16.5. The van der Waals surface area contributed by atoms with E-state index >= 15 is 0 Å². The largest absolute Gasteiger partial charge is 0.486 e. The van der Waals surface area contributed by atoms with E-state index in [0.717, 1.165) is 5.56 Å². The number of hydrogen-bond acceptors (Lipinski definition) is 11. The zero-order chi connectivity index (χ0) is 22.5. The van der Waals surface area contributed by atoms with E-state index < -0.39 is 0 Å². The molecule has 3 aromatic rings. The third-order valence-electron chi connectivity index (χ3n) is 5.34. The van der Waals surface area contributed by atoms with E-state index in [1.807, 2.05) is 6.92 Å². The molecule has 1 saturated heterocycles. The molecule has 0 N–H and O–H groups in total. The Morgan fingerprint density at radius 3 is 2.78 bits per heavy atom. The van der Waals surface area contributed by atoms with E-state index in [4.69, 9.17) is 19.3 Å². The molecule has 166 valence electrons. The Kier molecular flexibility index (Phi) is 6.42. The lowest BCUT2D eigenvalue weighted by Crippen LogP contribution is -2.53. The number of rotatable bonds is 7. The van der Waals surface area contributed by atoms with Crippen LogP contribution in [-0.4, -0.2) is 57.9 Å². The first-order valence-electron chi connectivity index (χ1n) is 10.2. The third-order valence-corrected chi connectivity index (χ3v) is 5.34. The van der Waals surface area contributed by atoms with Crippen LogP contribution >= 0.6 is 0 Å². The molecule has 0 amide bonds. The highest BCUT2D eigenvalue weighted by Crippen LogP contribution is 2.23. The van der Waals surface area contributed by atoms with Crippen LogP contribution < -0.4 is 14.5 Å². The molecule has 3 aromatic heterocycles. The minimum Gasteiger partial charge on any atom is -0.486 e. The molecular weight excluding hydrogens is 412 g/mol. The topological polar surface area (TPSA) is 126 Å². The van der Waals surface area contributed by atoms with Crippen molar-refractivity contribution in [3.05, 3.63) is 47.9 Å². The van der Waals surface area contributed by atoms with E-state index in [9.17, 15) is 0 Å². The number of piperazine rings is 1. The SMILES string of the molecule is CO[C@H](C)c1nc(N2CCN(c3ncc(OCc4ccncc4C#N)cn3)C(C)C2)no1. The number of ether oxygens (including phenoxy) is 2. The fourth-order valence-corrected chi connectivity index (χ4v) is 3.40. The molecule has 1 fully saturated rings. The smallest absolute Gasteiger partial charge is 0.266 e. The van der Waals surface area contributed by atoms with Crippen molar-refractivity contribution in [1.29, 1.82) is 5.26 Å². The second-order valence-electron chi connectivity index (χ2n) is 7.45. The first-order valence-corrected chi connectivity index (χ1v) is 10.2. The van der Waals surface area contributed by atoms with Gasteiger partial charge in [-0.3, -0.25) is 4.98 Å². The Morgan fingerprint density at radius 2 is 2.06 bits per heavy atom. The van der Waals surface area contributed by atoms with Gasteiger partial charge in [0.25, 0.3) is 11.8 Å². The van der Waals surface area contributed by atoms with E-state index in [1.165, 1.54) is 6.20 Å².